The summed E-state index contributed by atoms with van der Waals surface area (Å²) >= 11 is 0. The van der Waals surface area contributed by atoms with Crippen LogP contribution >= 0.6 is 0 Å². The fourth-order valence-electron chi connectivity index (χ4n) is 2.74. The van der Waals surface area contributed by atoms with Gasteiger partial charge in [-0.1, -0.05) is 0 Å². The highest BCUT2D eigenvalue weighted by Crippen LogP contribution is 2.28. The van der Waals surface area contributed by atoms with Crippen LogP contribution in [0.2, 0.25) is 0 Å². The van der Waals surface area contributed by atoms with Gasteiger partial charge in [0.1, 0.15) is 0 Å². The second kappa shape index (κ2) is 6.53. The van der Waals surface area contributed by atoms with E-state index in [0.29, 0.717) is 6.42 Å². The van der Waals surface area contributed by atoms with Crippen LogP contribution in [0, 0.1) is 5.92 Å². The lowest BCUT2D eigenvalue weighted by atomic mass is 9.99. The summed E-state index contributed by atoms with van der Waals surface area (Å²) in [5, 5.41) is 3.48. The number of hydrogen-bond acceptors (Lipinski definition) is 3. The van der Waals surface area contributed by atoms with Crippen LogP contribution in [-0.2, 0) is 4.79 Å². The summed E-state index contributed by atoms with van der Waals surface area (Å²) in [7, 11) is 3.68. The highest BCUT2D eigenvalue weighted by atomic mass is 16.2. The molecule has 0 aromatic carbocycles. The van der Waals surface area contributed by atoms with Gasteiger partial charge in [-0.05, 0) is 44.7 Å². The molecule has 0 aromatic heterocycles. The van der Waals surface area contributed by atoms with Gasteiger partial charge in [-0.2, -0.15) is 0 Å². The van der Waals surface area contributed by atoms with Crippen molar-refractivity contribution in [2.75, 3.05) is 40.3 Å². The van der Waals surface area contributed by atoms with E-state index >= 15 is 0 Å². The lowest BCUT2D eigenvalue weighted by molar-refractivity contribution is -0.129. The zero-order chi connectivity index (χ0) is 13.0. The highest BCUT2D eigenvalue weighted by Gasteiger charge is 2.31. The quantitative estimate of drug-likeness (QED) is 0.765. The zero-order valence-corrected chi connectivity index (χ0v) is 11.8. The van der Waals surface area contributed by atoms with Gasteiger partial charge >= 0.3 is 0 Å². The number of rotatable bonds is 6. The van der Waals surface area contributed by atoms with Crippen LogP contribution in [0.15, 0.2) is 0 Å². The first-order valence-electron chi connectivity index (χ1n) is 7.31. The molecule has 1 saturated heterocycles. The van der Waals surface area contributed by atoms with Crippen LogP contribution < -0.4 is 5.32 Å². The number of carbonyl (C=O) groups is 1. The van der Waals surface area contributed by atoms with Gasteiger partial charge in [-0.15, -0.1) is 0 Å². The molecule has 0 aromatic rings. The van der Waals surface area contributed by atoms with Crippen molar-refractivity contribution >= 4 is 5.91 Å². The summed E-state index contributed by atoms with van der Waals surface area (Å²) in [4.78, 5) is 15.9. The van der Waals surface area contributed by atoms with Gasteiger partial charge in [0.25, 0.3) is 0 Å². The Morgan fingerprint density at radius 3 is 2.61 bits per heavy atom. The third-order valence-electron chi connectivity index (χ3n) is 4.07. The normalized spacial score (nSPS) is 24.3. The first-order chi connectivity index (χ1) is 8.66. The molecular formula is C14H27N3O. The largest absolute Gasteiger partial charge is 0.349 e. The molecule has 1 aliphatic carbocycles. The standard InChI is InChI=1S/C14H27N3O/c1-16(2)14(18)7-9-17(13-5-6-13)11-12-4-3-8-15-10-12/h12-13,15H,3-11H2,1-2H3. The molecule has 4 nitrogen and oxygen atoms in total. The van der Waals surface area contributed by atoms with Crippen molar-refractivity contribution in [3.05, 3.63) is 0 Å². The molecule has 1 N–H and O–H groups in total. The van der Waals surface area contributed by atoms with E-state index in [2.05, 4.69) is 10.2 Å². The van der Waals surface area contributed by atoms with Gasteiger partial charge in [0.05, 0.1) is 0 Å². The topological polar surface area (TPSA) is 35.6 Å². The van der Waals surface area contributed by atoms with Crippen molar-refractivity contribution < 1.29 is 4.79 Å². The van der Waals surface area contributed by atoms with Crippen molar-refractivity contribution in [2.45, 2.75) is 38.1 Å². The van der Waals surface area contributed by atoms with E-state index in [0.717, 1.165) is 25.0 Å². The molecule has 0 spiro atoms. The van der Waals surface area contributed by atoms with E-state index in [4.69, 9.17) is 0 Å². The van der Waals surface area contributed by atoms with Gasteiger partial charge in [0, 0.05) is 39.6 Å². The van der Waals surface area contributed by atoms with Gasteiger partial charge < -0.3 is 10.2 Å². The van der Waals surface area contributed by atoms with E-state index < -0.39 is 0 Å². The van der Waals surface area contributed by atoms with Crippen LogP contribution in [0.3, 0.4) is 0 Å². The number of hydrogen-bond donors (Lipinski definition) is 1. The third kappa shape index (κ3) is 4.25. The van der Waals surface area contributed by atoms with Crippen LogP contribution in [0.5, 0.6) is 0 Å². The second-order valence-corrected chi connectivity index (χ2v) is 5.98. The molecule has 1 saturated carbocycles. The molecule has 0 bridgehead atoms. The van der Waals surface area contributed by atoms with Crippen LogP contribution in [0.25, 0.3) is 0 Å². The predicted molar refractivity (Wildman–Crippen MR) is 73.5 cm³/mol. The Labute approximate surface area is 111 Å². The molecule has 1 aliphatic heterocycles. The van der Waals surface area contributed by atoms with E-state index in [9.17, 15) is 4.79 Å². The Kier molecular flexibility index (Phi) is 5.01. The molecule has 18 heavy (non-hydrogen) atoms. The summed E-state index contributed by atoms with van der Waals surface area (Å²) in [6.07, 6.45) is 5.98. The maximum absolute atomic E-state index is 11.7. The maximum atomic E-state index is 11.7. The Bertz CT molecular complexity index is 270. The number of carbonyl (C=O) groups excluding carboxylic acids is 1. The van der Waals surface area contributed by atoms with E-state index in [1.165, 1.54) is 38.8 Å². The Hall–Kier alpha value is -0.610. The minimum atomic E-state index is 0.252. The number of amides is 1. The monoisotopic (exact) mass is 253 g/mol. The SMILES string of the molecule is CN(C)C(=O)CCN(CC1CCCNC1)C1CC1. The Morgan fingerprint density at radius 2 is 2.06 bits per heavy atom. The molecule has 2 aliphatic rings. The molecule has 2 fully saturated rings. The highest BCUT2D eigenvalue weighted by molar-refractivity contribution is 5.75. The van der Waals surface area contributed by atoms with E-state index in [-0.39, 0.29) is 5.91 Å². The Morgan fingerprint density at radius 1 is 1.28 bits per heavy atom. The fourth-order valence-corrected chi connectivity index (χ4v) is 2.74. The summed E-state index contributed by atoms with van der Waals surface area (Å²) in [6.45, 7) is 4.46. The van der Waals surface area contributed by atoms with Crippen LogP contribution in [-0.4, -0.2) is 62.0 Å². The summed E-state index contributed by atoms with van der Waals surface area (Å²) in [5.41, 5.74) is 0. The average molecular weight is 253 g/mol. The maximum Gasteiger partial charge on any atom is 0.223 e. The molecule has 2 rings (SSSR count). The van der Waals surface area contributed by atoms with Crippen molar-refractivity contribution in [3.63, 3.8) is 0 Å². The van der Waals surface area contributed by atoms with Crippen molar-refractivity contribution in [2.24, 2.45) is 5.92 Å². The van der Waals surface area contributed by atoms with Gasteiger partial charge in [0.2, 0.25) is 5.91 Å². The summed E-state index contributed by atoms with van der Waals surface area (Å²) in [6, 6.07) is 0.766. The van der Waals surface area contributed by atoms with Crippen LogP contribution in [0.1, 0.15) is 32.1 Å². The molecule has 1 amide bonds. The predicted octanol–water partition coefficient (Wildman–Crippen LogP) is 0.929. The number of nitrogens with zero attached hydrogens (tertiary/aromatic N) is 2. The Balaban J connectivity index is 1.75. The van der Waals surface area contributed by atoms with Gasteiger partial charge in [-0.3, -0.25) is 9.69 Å². The zero-order valence-electron chi connectivity index (χ0n) is 11.8. The summed E-state index contributed by atoms with van der Waals surface area (Å²) in [5.74, 6) is 1.04. The molecule has 104 valence electrons. The molecular weight excluding hydrogens is 226 g/mol. The minimum absolute atomic E-state index is 0.252. The van der Waals surface area contributed by atoms with Gasteiger partial charge in [0.15, 0.2) is 0 Å². The third-order valence-corrected chi connectivity index (χ3v) is 4.07. The first kappa shape index (κ1) is 13.8. The minimum Gasteiger partial charge on any atom is -0.349 e. The van der Waals surface area contributed by atoms with Gasteiger partial charge in [-0.25, -0.2) is 0 Å². The lowest BCUT2D eigenvalue weighted by Crippen LogP contribution is -2.40. The molecule has 1 heterocycles. The second-order valence-electron chi connectivity index (χ2n) is 5.98. The smallest absolute Gasteiger partial charge is 0.223 e. The van der Waals surface area contributed by atoms with E-state index in [1.54, 1.807) is 4.90 Å². The lowest BCUT2D eigenvalue weighted by Gasteiger charge is -2.30. The fraction of sp³-hybridized carbons (Fsp3) is 0.929. The van der Waals surface area contributed by atoms with Crippen molar-refractivity contribution in [1.29, 1.82) is 0 Å². The molecule has 4 heteroatoms. The summed E-state index contributed by atoms with van der Waals surface area (Å²) < 4.78 is 0. The van der Waals surface area contributed by atoms with Crippen molar-refractivity contribution in [3.8, 4) is 0 Å². The molecule has 1 unspecified atom stereocenters. The first-order valence-corrected chi connectivity index (χ1v) is 7.31. The molecule has 0 radical (unpaired) electrons. The number of piperidine rings is 1. The van der Waals surface area contributed by atoms with E-state index in [1.807, 2.05) is 14.1 Å². The number of nitrogens with one attached hydrogen (secondary N) is 1. The van der Waals surface area contributed by atoms with Crippen LogP contribution in [0.4, 0.5) is 0 Å². The average Bonchev–Trinajstić information content (AvgIpc) is 3.19. The van der Waals surface area contributed by atoms with Crippen molar-refractivity contribution in [1.82, 2.24) is 15.1 Å². The molecule has 1 atom stereocenters.